The van der Waals surface area contributed by atoms with Gasteiger partial charge in [0.25, 0.3) is 0 Å². The molecule has 2 aromatic rings. The molecular formula is C21H30IN5O. The van der Waals surface area contributed by atoms with Gasteiger partial charge in [-0.3, -0.25) is 4.99 Å². The number of guanidine groups is 1. The third-order valence-electron chi connectivity index (χ3n) is 4.02. The second-order valence-corrected chi connectivity index (χ2v) is 6.66. The summed E-state index contributed by atoms with van der Waals surface area (Å²) in [6.07, 6.45) is 0. The fraction of sp³-hybridized carbons (Fsp3) is 0.333. The molecule has 0 aliphatic heterocycles. The molecule has 2 aromatic carbocycles. The topological polar surface area (TPSA) is 77.5 Å². The minimum absolute atomic E-state index is 0. The van der Waals surface area contributed by atoms with E-state index in [1.54, 1.807) is 7.05 Å². The lowest BCUT2D eigenvalue weighted by Crippen LogP contribution is -2.36. The Labute approximate surface area is 184 Å². The number of nitrogens with one attached hydrogen (secondary N) is 4. The summed E-state index contributed by atoms with van der Waals surface area (Å²) in [6.45, 7) is 7.32. The zero-order chi connectivity index (χ0) is 19.6. The highest BCUT2D eigenvalue weighted by molar-refractivity contribution is 14.0. The third-order valence-corrected chi connectivity index (χ3v) is 4.02. The van der Waals surface area contributed by atoms with Gasteiger partial charge in [-0.1, -0.05) is 36.4 Å². The molecule has 0 heterocycles. The average molecular weight is 495 g/mol. The Hall–Kier alpha value is -2.29. The number of aliphatic imine (C=N–C) groups is 1. The lowest BCUT2D eigenvalue weighted by Gasteiger charge is -2.14. The van der Waals surface area contributed by atoms with Crippen LogP contribution in [0, 0.1) is 6.92 Å². The Morgan fingerprint density at radius 3 is 2.25 bits per heavy atom. The highest BCUT2D eigenvalue weighted by Crippen LogP contribution is 2.09. The number of rotatable bonds is 6. The maximum absolute atomic E-state index is 11.7. The Bertz CT molecular complexity index is 775. The normalized spacial score (nSPS) is 10.8. The van der Waals surface area contributed by atoms with Gasteiger partial charge in [-0.15, -0.1) is 24.0 Å². The van der Waals surface area contributed by atoms with Gasteiger partial charge in [-0.25, -0.2) is 4.79 Å². The monoisotopic (exact) mass is 495 g/mol. The van der Waals surface area contributed by atoms with Crippen molar-refractivity contribution in [1.29, 1.82) is 0 Å². The standard InChI is InChI=1S/C21H29N5O.HI/c1-15(2)25-21(27)26-19-11-9-17(10-12-19)13-23-20(22-4)24-14-18-8-6-5-7-16(18)3;/h5-12,15H,13-14H2,1-4H3,(H2,22,23,24)(H2,25,26,27);1H. The summed E-state index contributed by atoms with van der Waals surface area (Å²) in [7, 11) is 1.76. The van der Waals surface area contributed by atoms with Crippen LogP contribution in [0.5, 0.6) is 0 Å². The fourth-order valence-electron chi connectivity index (χ4n) is 2.53. The summed E-state index contributed by atoms with van der Waals surface area (Å²) in [6, 6.07) is 15.9. The Morgan fingerprint density at radius 2 is 1.64 bits per heavy atom. The number of nitrogens with zero attached hydrogens (tertiary/aromatic N) is 1. The van der Waals surface area contributed by atoms with Gasteiger partial charge in [-0.2, -0.15) is 0 Å². The predicted molar refractivity (Wildman–Crippen MR) is 127 cm³/mol. The van der Waals surface area contributed by atoms with E-state index in [0.717, 1.165) is 23.8 Å². The highest BCUT2D eigenvalue weighted by atomic mass is 127. The fourth-order valence-corrected chi connectivity index (χ4v) is 2.53. The summed E-state index contributed by atoms with van der Waals surface area (Å²) in [5.74, 6) is 0.747. The second kappa shape index (κ2) is 12.2. The Morgan fingerprint density at radius 1 is 1.00 bits per heavy atom. The molecule has 28 heavy (non-hydrogen) atoms. The van der Waals surface area contributed by atoms with Gasteiger partial charge in [-0.05, 0) is 49.6 Å². The van der Waals surface area contributed by atoms with Crippen molar-refractivity contribution >= 4 is 41.7 Å². The van der Waals surface area contributed by atoms with Crippen LogP contribution >= 0.6 is 24.0 Å². The van der Waals surface area contributed by atoms with Gasteiger partial charge >= 0.3 is 6.03 Å². The molecule has 0 bridgehead atoms. The van der Waals surface area contributed by atoms with Crippen molar-refractivity contribution < 1.29 is 4.79 Å². The van der Waals surface area contributed by atoms with E-state index in [-0.39, 0.29) is 36.0 Å². The number of hydrogen-bond acceptors (Lipinski definition) is 2. The van der Waals surface area contributed by atoms with Crippen LogP contribution in [0.1, 0.15) is 30.5 Å². The lowest BCUT2D eigenvalue weighted by atomic mass is 10.1. The minimum atomic E-state index is -0.198. The number of urea groups is 1. The molecule has 0 aliphatic carbocycles. The van der Waals surface area contributed by atoms with E-state index in [1.165, 1.54) is 11.1 Å². The average Bonchev–Trinajstić information content (AvgIpc) is 2.63. The lowest BCUT2D eigenvalue weighted by molar-refractivity contribution is 0.250. The molecule has 0 aliphatic rings. The van der Waals surface area contributed by atoms with Gasteiger partial charge in [0.1, 0.15) is 0 Å². The van der Waals surface area contributed by atoms with Crippen molar-refractivity contribution in [3.05, 3.63) is 65.2 Å². The number of amides is 2. The number of hydrogen-bond donors (Lipinski definition) is 4. The van der Waals surface area contributed by atoms with Crippen LogP contribution in [0.2, 0.25) is 0 Å². The number of anilines is 1. The Balaban J connectivity index is 0.00000392. The molecule has 152 valence electrons. The number of carbonyl (C=O) groups excluding carboxylic acids is 1. The van der Waals surface area contributed by atoms with E-state index in [2.05, 4.69) is 45.3 Å². The van der Waals surface area contributed by atoms with Crippen LogP contribution in [-0.2, 0) is 13.1 Å². The van der Waals surface area contributed by atoms with E-state index in [1.807, 2.05) is 50.2 Å². The van der Waals surface area contributed by atoms with Crippen molar-refractivity contribution in [2.24, 2.45) is 4.99 Å². The van der Waals surface area contributed by atoms with E-state index >= 15 is 0 Å². The maximum Gasteiger partial charge on any atom is 0.319 e. The zero-order valence-corrected chi connectivity index (χ0v) is 19.2. The van der Waals surface area contributed by atoms with Crippen LogP contribution in [0.25, 0.3) is 0 Å². The summed E-state index contributed by atoms with van der Waals surface area (Å²) in [5, 5.41) is 12.2. The quantitative estimate of drug-likeness (QED) is 0.278. The van der Waals surface area contributed by atoms with E-state index in [0.29, 0.717) is 6.54 Å². The molecule has 0 unspecified atom stereocenters. The van der Waals surface area contributed by atoms with Gasteiger partial charge in [0.15, 0.2) is 5.96 Å². The molecule has 6 nitrogen and oxygen atoms in total. The predicted octanol–water partition coefficient (Wildman–Crippen LogP) is 4.01. The van der Waals surface area contributed by atoms with Crippen LogP contribution in [0.15, 0.2) is 53.5 Å². The second-order valence-electron chi connectivity index (χ2n) is 6.66. The number of carbonyl (C=O) groups is 1. The molecule has 0 radical (unpaired) electrons. The first-order chi connectivity index (χ1) is 13.0. The minimum Gasteiger partial charge on any atom is -0.352 e. The van der Waals surface area contributed by atoms with Gasteiger partial charge < -0.3 is 21.3 Å². The van der Waals surface area contributed by atoms with Crippen molar-refractivity contribution in [1.82, 2.24) is 16.0 Å². The summed E-state index contributed by atoms with van der Waals surface area (Å²) >= 11 is 0. The number of halogens is 1. The van der Waals surface area contributed by atoms with E-state index in [9.17, 15) is 4.79 Å². The Kier molecular flexibility index (Phi) is 10.4. The third kappa shape index (κ3) is 8.16. The van der Waals surface area contributed by atoms with E-state index in [4.69, 9.17) is 0 Å². The van der Waals surface area contributed by atoms with Crippen LogP contribution in [0.4, 0.5) is 10.5 Å². The van der Waals surface area contributed by atoms with Crippen LogP contribution in [0.3, 0.4) is 0 Å². The molecule has 0 atom stereocenters. The van der Waals surface area contributed by atoms with Gasteiger partial charge in [0.2, 0.25) is 0 Å². The van der Waals surface area contributed by atoms with Gasteiger partial charge in [0, 0.05) is 31.9 Å². The summed E-state index contributed by atoms with van der Waals surface area (Å²) in [4.78, 5) is 16.0. The zero-order valence-electron chi connectivity index (χ0n) is 16.9. The molecule has 0 spiro atoms. The van der Waals surface area contributed by atoms with Gasteiger partial charge in [0.05, 0.1) is 0 Å². The maximum atomic E-state index is 11.7. The molecule has 4 N–H and O–H groups in total. The molecule has 0 saturated carbocycles. The molecular weight excluding hydrogens is 465 g/mol. The molecule has 2 amide bonds. The highest BCUT2D eigenvalue weighted by Gasteiger charge is 2.04. The smallest absolute Gasteiger partial charge is 0.319 e. The molecule has 0 aromatic heterocycles. The first-order valence-corrected chi connectivity index (χ1v) is 9.13. The largest absolute Gasteiger partial charge is 0.352 e. The van der Waals surface area contributed by atoms with Crippen molar-refractivity contribution in [3.63, 3.8) is 0 Å². The molecule has 0 saturated heterocycles. The van der Waals surface area contributed by atoms with Crippen molar-refractivity contribution in [2.75, 3.05) is 12.4 Å². The first kappa shape index (κ1) is 23.7. The first-order valence-electron chi connectivity index (χ1n) is 9.13. The summed E-state index contributed by atoms with van der Waals surface area (Å²) in [5.41, 5.74) is 4.36. The van der Waals surface area contributed by atoms with E-state index < -0.39 is 0 Å². The van der Waals surface area contributed by atoms with Crippen molar-refractivity contribution in [3.8, 4) is 0 Å². The van der Waals surface area contributed by atoms with Crippen LogP contribution < -0.4 is 21.3 Å². The molecule has 0 fully saturated rings. The summed E-state index contributed by atoms with van der Waals surface area (Å²) < 4.78 is 0. The number of aryl methyl sites for hydroxylation is 1. The molecule has 7 heteroatoms. The molecule has 2 rings (SSSR count). The van der Waals surface area contributed by atoms with Crippen molar-refractivity contribution in [2.45, 2.75) is 39.9 Å². The SMILES string of the molecule is CN=C(NCc1ccc(NC(=O)NC(C)C)cc1)NCc1ccccc1C.I. The van der Waals surface area contributed by atoms with Crippen LogP contribution in [-0.4, -0.2) is 25.1 Å². The number of benzene rings is 2.